The fourth-order valence-corrected chi connectivity index (χ4v) is 4.40. The topological polar surface area (TPSA) is 49.4 Å². The first-order valence-electron chi connectivity index (χ1n) is 10.9. The largest absolute Gasteiger partial charge is 0.351 e. The number of nitrogens with one attached hydrogen (secondary N) is 1. The lowest BCUT2D eigenvalue weighted by Gasteiger charge is -2.33. The van der Waals surface area contributed by atoms with E-state index in [1.807, 2.05) is 55.5 Å². The van der Waals surface area contributed by atoms with Crippen molar-refractivity contribution in [3.8, 4) is 0 Å². The fourth-order valence-electron chi connectivity index (χ4n) is 4.12. The highest BCUT2D eigenvalue weighted by atomic mass is 35.5. The minimum absolute atomic E-state index is 0.134. The molecule has 2 amide bonds. The van der Waals surface area contributed by atoms with Crippen molar-refractivity contribution in [2.24, 2.45) is 0 Å². The molecule has 2 aromatic rings. The van der Waals surface area contributed by atoms with Gasteiger partial charge in [-0.25, -0.2) is 0 Å². The molecule has 1 saturated carbocycles. The maximum absolute atomic E-state index is 13.4. The SMILES string of the molecule is Cc1ccc(C(C(=O)NC2CCCCC2)N(CCc2ccc(Cl)cc2)C(=O)CCl)cc1. The molecule has 0 saturated heterocycles. The second-order valence-corrected chi connectivity index (χ2v) is 8.96. The van der Waals surface area contributed by atoms with Gasteiger partial charge in [0, 0.05) is 17.6 Å². The summed E-state index contributed by atoms with van der Waals surface area (Å²) < 4.78 is 0. The Hall–Kier alpha value is -2.04. The zero-order chi connectivity index (χ0) is 22.2. The first-order valence-corrected chi connectivity index (χ1v) is 11.9. The van der Waals surface area contributed by atoms with Gasteiger partial charge in [-0.1, -0.05) is 72.8 Å². The van der Waals surface area contributed by atoms with Crippen molar-refractivity contribution >= 4 is 35.0 Å². The first kappa shape index (κ1) is 23.6. The van der Waals surface area contributed by atoms with E-state index in [-0.39, 0.29) is 23.7 Å². The molecule has 4 nitrogen and oxygen atoms in total. The highest BCUT2D eigenvalue weighted by Gasteiger charge is 2.32. The van der Waals surface area contributed by atoms with E-state index < -0.39 is 6.04 Å². The van der Waals surface area contributed by atoms with Crippen molar-refractivity contribution in [2.75, 3.05) is 12.4 Å². The number of benzene rings is 2. The van der Waals surface area contributed by atoms with E-state index in [1.165, 1.54) is 6.42 Å². The van der Waals surface area contributed by atoms with Crippen LogP contribution in [0.3, 0.4) is 0 Å². The molecule has 1 aliphatic rings. The van der Waals surface area contributed by atoms with Gasteiger partial charge in [-0.2, -0.15) is 0 Å². The maximum atomic E-state index is 13.4. The third kappa shape index (κ3) is 6.72. The molecule has 2 aromatic carbocycles. The van der Waals surface area contributed by atoms with Crippen molar-refractivity contribution in [3.63, 3.8) is 0 Å². The second-order valence-electron chi connectivity index (χ2n) is 8.25. The average molecular weight is 461 g/mol. The van der Waals surface area contributed by atoms with Crippen molar-refractivity contribution in [1.82, 2.24) is 10.2 Å². The summed E-state index contributed by atoms with van der Waals surface area (Å²) >= 11 is 12.0. The Balaban J connectivity index is 1.85. The summed E-state index contributed by atoms with van der Waals surface area (Å²) in [4.78, 5) is 27.9. The molecule has 1 aliphatic carbocycles. The number of alkyl halides is 1. The van der Waals surface area contributed by atoms with Gasteiger partial charge in [0.1, 0.15) is 11.9 Å². The highest BCUT2D eigenvalue weighted by molar-refractivity contribution is 6.30. The highest BCUT2D eigenvalue weighted by Crippen LogP contribution is 2.25. The lowest BCUT2D eigenvalue weighted by molar-refractivity contribution is -0.139. The number of carbonyl (C=O) groups excluding carboxylic acids is 2. The molecule has 0 radical (unpaired) electrons. The maximum Gasteiger partial charge on any atom is 0.247 e. The van der Waals surface area contributed by atoms with Gasteiger partial charge in [0.05, 0.1) is 0 Å². The summed E-state index contributed by atoms with van der Waals surface area (Å²) in [5.41, 5.74) is 2.95. The molecule has 0 heterocycles. The van der Waals surface area contributed by atoms with Crippen LogP contribution in [0.4, 0.5) is 0 Å². The molecular weight excluding hydrogens is 431 g/mol. The molecule has 1 fully saturated rings. The lowest BCUT2D eigenvalue weighted by atomic mass is 9.94. The number of halogens is 2. The van der Waals surface area contributed by atoms with Crippen LogP contribution in [-0.2, 0) is 16.0 Å². The van der Waals surface area contributed by atoms with Gasteiger partial charge in [0.15, 0.2) is 0 Å². The molecule has 6 heteroatoms. The zero-order valence-electron chi connectivity index (χ0n) is 17.9. The average Bonchev–Trinajstić information content (AvgIpc) is 2.78. The third-order valence-corrected chi connectivity index (χ3v) is 6.37. The Labute approximate surface area is 194 Å². The predicted octanol–water partition coefficient (Wildman–Crippen LogP) is 5.45. The summed E-state index contributed by atoms with van der Waals surface area (Å²) in [5, 5.41) is 3.87. The summed E-state index contributed by atoms with van der Waals surface area (Å²) in [5.74, 6) is -0.551. The van der Waals surface area contributed by atoms with Crippen molar-refractivity contribution in [1.29, 1.82) is 0 Å². The van der Waals surface area contributed by atoms with Crippen LogP contribution >= 0.6 is 23.2 Å². The van der Waals surface area contributed by atoms with Gasteiger partial charge in [0.25, 0.3) is 0 Å². The first-order chi connectivity index (χ1) is 15.0. The molecule has 0 aromatic heterocycles. The van der Waals surface area contributed by atoms with Gasteiger partial charge in [-0.05, 0) is 49.4 Å². The van der Waals surface area contributed by atoms with E-state index in [1.54, 1.807) is 4.90 Å². The Morgan fingerprint density at radius 2 is 1.68 bits per heavy atom. The van der Waals surface area contributed by atoms with E-state index in [0.29, 0.717) is 18.0 Å². The van der Waals surface area contributed by atoms with Crippen molar-refractivity contribution in [3.05, 3.63) is 70.2 Å². The minimum atomic E-state index is -0.707. The van der Waals surface area contributed by atoms with Crippen LogP contribution < -0.4 is 5.32 Å². The smallest absolute Gasteiger partial charge is 0.247 e. The standard InChI is InChI=1S/C25H30Cl2N2O2/c1-18-7-11-20(12-8-18)24(25(31)28-22-5-3-2-4-6-22)29(23(30)17-26)16-15-19-9-13-21(27)14-10-19/h7-14,22,24H,2-6,15-17H2,1H3,(H,28,31). The number of amides is 2. The van der Waals surface area contributed by atoms with Gasteiger partial charge in [0.2, 0.25) is 11.8 Å². The van der Waals surface area contributed by atoms with Crippen LogP contribution in [0.2, 0.25) is 5.02 Å². The lowest BCUT2D eigenvalue weighted by Crippen LogP contribution is -2.48. The normalized spacial score (nSPS) is 15.3. The van der Waals surface area contributed by atoms with Gasteiger partial charge in [-0.15, -0.1) is 11.6 Å². The number of hydrogen-bond acceptors (Lipinski definition) is 2. The molecule has 3 rings (SSSR count). The Bertz CT molecular complexity index is 862. The molecule has 0 spiro atoms. The van der Waals surface area contributed by atoms with Crippen molar-refractivity contribution in [2.45, 2.75) is 57.5 Å². The molecule has 0 aliphatic heterocycles. The van der Waals surface area contributed by atoms with Crippen LogP contribution in [0.15, 0.2) is 48.5 Å². The van der Waals surface area contributed by atoms with Crippen LogP contribution in [0.1, 0.15) is 54.8 Å². The monoisotopic (exact) mass is 460 g/mol. The second kappa shape index (κ2) is 11.5. The Kier molecular flexibility index (Phi) is 8.79. The van der Waals surface area contributed by atoms with E-state index in [0.717, 1.165) is 42.4 Å². The predicted molar refractivity (Wildman–Crippen MR) is 127 cm³/mol. The van der Waals surface area contributed by atoms with Crippen LogP contribution in [0, 0.1) is 6.92 Å². The van der Waals surface area contributed by atoms with Gasteiger partial charge < -0.3 is 10.2 Å². The third-order valence-electron chi connectivity index (χ3n) is 5.89. The summed E-state index contributed by atoms with van der Waals surface area (Å²) in [6.07, 6.45) is 6.05. The Morgan fingerprint density at radius 1 is 1.03 bits per heavy atom. The van der Waals surface area contributed by atoms with E-state index in [2.05, 4.69) is 5.32 Å². The zero-order valence-corrected chi connectivity index (χ0v) is 19.5. The molecule has 1 atom stereocenters. The van der Waals surface area contributed by atoms with Gasteiger partial charge >= 0.3 is 0 Å². The molecule has 166 valence electrons. The summed E-state index contributed by atoms with van der Waals surface area (Å²) in [6.45, 7) is 2.40. The van der Waals surface area contributed by atoms with Gasteiger partial charge in [-0.3, -0.25) is 9.59 Å². The minimum Gasteiger partial charge on any atom is -0.351 e. The number of carbonyl (C=O) groups is 2. The molecular formula is C25H30Cl2N2O2. The van der Waals surface area contributed by atoms with Crippen LogP contribution in [0.25, 0.3) is 0 Å². The summed E-state index contributed by atoms with van der Waals surface area (Å²) in [6, 6.07) is 14.8. The number of aryl methyl sites for hydroxylation is 1. The number of hydrogen-bond donors (Lipinski definition) is 1. The van der Waals surface area contributed by atoms with E-state index >= 15 is 0 Å². The molecule has 1 N–H and O–H groups in total. The molecule has 31 heavy (non-hydrogen) atoms. The number of rotatable bonds is 8. The van der Waals surface area contributed by atoms with E-state index in [4.69, 9.17) is 23.2 Å². The van der Waals surface area contributed by atoms with Crippen molar-refractivity contribution < 1.29 is 9.59 Å². The fraction of sp³-hybridized carbons (Fsp3) is 0.440. The quantitative estimate of drug-likeness (QED) is 0.532. The van der Waals surface area contributed by atoms with E-state index in [9.17, 15) is 9.59 Å². The Morgan fingerprint density at radius 3 is 2.29 bits per heavy atom. The number of nitrogens with zero attached hydrogens (tertiary/aromatic N) is 1. The molecule has 1 unspecified atom stereocenters. The molecule has 0 bridgehead atoms. The summed E-state index contributed by atoms with van der Waals surface area (Å²) in [7, 11) is 0. The van der Waals surface area contributed by atoms with Crippen LogP contribution in [-0.4, -0.2) is 35.2 Å². The van der Waals surface area contributed by atoms with Crippen LogP contribution in [0.5, 0.6) is 0 Å².